The van der Waals surface area contributed by atoms with E-state index >= 15 is 0 Å². The van der Waals surface area contributed by atoms with Gasteiger partial charge in [-0.3, -0.25) is 14.3 Å². The first-order chi connectivity index (χ1) is 15.9. The maximum Gasteiger partial charge on any atom is 0.330 e. The van der Waals surface area contributed by atoms with E-state index in [1.165, 1.54) is 16.7 Å². The summed E-state index contributed by atoms with van der Waals surface area (Å²) in [5.41, 5.74) is 0.906. The molecule has 170 valence electrons. The highest BCUT2D eigenvalue weighted by molar-refractivity contribution is 5.78. The van der Waals surface area contributed by atoms with Gasteiger partial charge in [0.2, 0.25) is 5.88 Å². The molecule has 0 bridgehead atoms. The van der Waals surface area contributed by atoms with Crippen molar-refractivity contribution >= 4 is 11.2 Å². The number of nitrogens with one attached hydrogen (secondary N) is 1. The van der Waals surface area contributed by atoms with Crippen LogP contribution < -0.4 is 16.0 Å². The average Bonchev–Trinajstić information content (AvgIpc) is 3.54. The van der Waals surface area contributed by atoms with Crippen LogP contribution in [0.3, 0.4) is 0 Å². The van der Waals surface area contributed by atoms with Gasteiger partial charge in [-0.05, 0) is 62.4 Å². The third-order valence-electron chi connectivity index (χ3n) is 5.77. The maximum absolute atomic E-state index is 13.5. The lowest BCUT2D eigenvalue weighted by molar-refractivity contribution is 0.289. The lowest BCUT2D eigenvalue weighted by Gasteiger charge is -2.13. The van der Waals surface area contributed by atoms with Gasteiger partial charge < -0.3 is 9.30 Å². The summed E-state index contributed by atoms with van der Waals surface area (Å²) in [4.78, 5) is 37.1. The SMILES string of the molecule is CC(C)n1c(=O)[nH]c(=O)c2c1nc(-c1cccnc1OCC1CC1)n2Cc1ccc(F)cc1. The molecule has 0 spiro atoms. The quantitative estimate of drug-likeness (QED) is 0.466. The Morgan fingerprint density at radius 2 is 1.94 bits per heavy atom. The van der Waals surface area contributed by atoms with E-state index in [0.29, 0.717) is 29.8 Å². The summed E-state index contributed by atoms with van der Waals surface area (Å²) in [5, 5.41) is 0. The van der Waals surface area contributed by atoms with Crippen LogP contribution >= 0.6 is 0 Å². The first kappa shape index (κ1) is 21.1. The van der Waals surface area contributed by atoms with Crippen LogP contribution in [0.4, 0.5) is 4.39 Å². The molecule has 1 aliphatic rings. The number of halogens is 1. The van der Waals surface area contributed by atoms with Crippen molar-refractivity contribution in [3.63, 3.8) is 0 Å². The molecule has 1 aromatic carbocycles. The van der Waals surface area contributed by atoms with E-state index in [0.717, 1.165) is 18.4 Å². The molecule has 4 aromatic rings. The molecule has 1 aliphatic carbocycles. The third kappa shape index (κ3) is 4.06. The molecule has 8 nitrogen and oxygen atoms in total. The molecule has 9 heteroatoms. The molecule has 3 aromatic heterocycles. The van der Waals surface area contributed by atoms with Gasteiger partial charge in [0.05, 0.1) is 12.2 Å². The van der Waals surface area contributed by atoms with E-state index in [1.807, 2.05) is 19.9 Å². The number of imidazole rings is 1. The van der Waals surface area contributed by atoms with E-state index in [1.54, 1.807) is 29.0 Å². The van der Waals surface area contributed by atoms with Crippen LogP contribution in [0.2, 0.25) is 0 Å². The number of hydrogen-bond acceptors (Lipinski definition) is 5. The van der Waals surface area contributed by atoms with Crippen molar-refractivity contribution in [1.82, 2.24) is 24.1 Å². The molecule has 1 fully saturated rings. The first-order valence-corrected chi connectivity index (χ1v) is 11.0. The van der Waals surface area contributed by atoms with Gasteiger partial charge in [-0.25, -0.2) is 19.2 Å². The molecule has 33 heavy (non-hydrogen) atoms. The predicted octanol–water partition coefficient (Wildman–Crippen LogP) is 3.51. The van der Waals surface area contributed by atoms with Crippen LogP contribution in [0.1, 0.15) is 38.3 Å². The molecule has 3 heterocycles. The molecule has 0 radical (unpaired) electrons. The molecule has 0 atom stereocenters. The van der Waals surface area contributed by atoms with Crippen molar-refractivity contribution in [3.05, 3.63) is 74.8 Å². The lowest BCUT2D eigenvalue weighted by Crippen LogP contribution is -2.32. The van der Waals surface area contributed by atoms with Crippen molar-refractivity contribution in [2.24, 2.45) is 5.92 Å². The van der Waals surface area contributed by atoms with Crippen LogP contribution in [-0.4, -0.2) is 30.7 Å². The maximum atomic E-state index is 13.5. The Labute approximate surface area is 188 Å². The number of aromatic amines is 1. The van der Waals surface area contributed by atoms with Crippen molar-refractivity contribution in [3.8, 4) is 17.3 Å². The van der Waals surface area contributed by atoms with E-state index in [9.17, 15) is 14.0 Å². The molecule has 5 rings (SSSR count). The summed E-state index contributed by atoms with van der Waals surface area (Å²) >= 11 is 0. The summed E-state index contributed by atoms with van der Waals surface area (Å²) < 4.78 is 22.7. The Kier molecular flexibility index (Phi) is 5.32. The average molecular weight is 449 g/mol. The molecular weight excluding hydrogens is 425 g/mol. The largest absolute Gasteiger partial charge is 0.477 e. The van der Waals surface area contributed by atoms with Gasteiger partial charge in [-0.1, -0.05) is 12.1 Å². The fraction of sp³-hybridized carbons (Fsp3) is 0.333. The third-order valence-corrected chi connectivity index (χ3v) is 5.77. The van der Waals surface area contributed by atoms with Gasteiger partial charge in [0, 0.05) is 18.8 Å². The van der Waals surface area contributed by atoms with Crippen LogP contribution in [-0.2, 0) is 6.54 Å². The van der Waals surface area contributed by atoms with E-state index in [-0.39, 0.29) is 29.6 Å². The smallest absolute Gasteiger partial charge is 0.330 e. The number of ether oxygens (including phenoxy) is 1. The zero-order valence-corrected chi connectivity index (χ0v) is 18.4. The minimum Gasteiger partial charge on any atom is -0.477 e. The van der Waals surface area contributed by atoms with Crippen molar-refractivity contribution in [2.75, 3.05) is 6.61 Å². The monoisotopic (exact) mass is 449 g/mol. The molecular formula is C24H24FN5O3. The Bertz CT molecular complexity index is 1430. The summed E-state index contributed by atoms with van der Waals surface area (Å²) in [5.74, 6) is 1.07. The highest BCUT2D eigenvalue weighted by Gasteiger charge is 2.25. The van der Waals surface area contributed by atoms with Gasteiger partial charge in [-0.2, -0.15) is 0 Å². The fourth-order valence-electron chi connectivity index (χ4n) is 3.91. The molecule has 1 saturated carbocycles. The second-order valence-electron chi connectivity index (χ2n) is 8.65. The Morgan fingerprint density at radius 1 is 1.18 bits per heavy atom. The van der Waals surface area contributed by atoms with Gasteiger partial charge in [-0.15, -0.1) is 0 Å². The fourth-order valence-corrected chi connectivity index (χ4v) is 3.91. The number of H-pyrrole nitrogens is 1. The number of rotatable bonds is 7. The van der Waals surface area contributed by atoms with Crippen molar-refractivity contribution in [1.29, 1.82) is 0 Å². The van der Waals surface area contributed by atoms with E-state index < -0.39 is 11.2 Å². The zero-order chi connectivity index (χ0) is 23.1. The molecule has 0 saturated heterocycles. The van der Waals surface area contributed by atoms with E-state index in [2.05, 4.69) is 9.97 Å². The second-order valence-corrected chi connectivity index (χ2v) is 8.65. The predicted molar refractivity (Wildman–Crippen MR) is 122 cm³/mol. The number of aromatic nitrogens is 5. The summed E-state index contributed by atoms with van der Waals surface area (Å²) in [6.07, 6.45) is 3.93. The summed E-state index contributed by atoms with van der Waals surface area (Å²) in [6.45, 7) is 4.53. The minimum absolute atomic E-state index is 0.224. The van der Waals surface area contributed by atoms with Crippen LogP contribution in [0.5, 0.6) is 5.88 Å². The molecule has 0 amide bonds. The normalized spacial score (nSPS) is 13.7. The van der Waals surface area contributed by atoms with Crippen LogP contribution in [0.25, 0.3) is 22.6 Å². The zero-order valence-electron chi connectivity index (χ0n) is 18.4. The molecule has 1 N–H and O–H groups in total. The second kappa shape index (κ2) is 8.31. The first-order valence-electron chi connectivity index (χ1n) is 11.0. The summed E-state index contributed by atoms with van der Waals surface area (Å²) in [7, 11) is 0. The number of benzene rings is 1. The van der Waals surface area contributed by atoms with Gasteiger partial charge in [0.1, 0.15) is 11.6 Å². The number of fused-ring (bicyclic) bond motifs is 1. The number of nitrogens with zero attached hydrogens (tertiary/aromatic N) is 4. The Balaban J connectivity index is 1.75. The Hall–Kier alpha value is -3.75. The standard InChI is InChI=1S/C24H24FN5O3/c1-14(2)30-21-19(22(31)28-24(30)32)29(12-15-7-9-17(25)10-8-15)20(27-21)18-4-3-11-26-23(18)33-13-16-5-6-16/h3-4,7-11,14,16H,5-6,12-13H2,1-2H3,(H,28,31,32). The van der Waals surface area contributed by atoms with Gasteiger partial charge in [0.25, 0.3) is 5.56 Å². The van der Waals surface area contributed by atoms with E-state index in [4.69, 9.17) is 9.72 Å². The topological polar surface area (TPSA) is 94.8 Å². The Morgan fingerprint density at radius 3 is 2.64 bits per heavy atom. The van der Waals surface area contributed by atoms with Crippen LogP contribution in [0, 0.1) is 11.7 Å². The number of hydrogen-bond donors (Lipinski definition) is 1. The van der Waals surface area contributed by atoms with Crippen molar-refractivity contribution in [2.45, 2.75) is 39.3 Å². The molecule has 0 aliphatic heterocycles. The highest BCUT2D eigenvalue weighted by Crippen LogP contribution is 2.33. The minimum atomic E-state index is -0.530. The summed E-state index contributed by atoms with van der Waals surface area (Å²) in [6, 6.07) is 9.45. The van der Waals surface area contributed by atoms with Gasteiger partial charge >= 0.3 is 5.69 Å². The lowest BCUT2D eigenvalue weighted by atomic mass is 10.2. The molecule has 0 unspecified atom stereocenters. The number of pyridine rings is 1. The highest BCUT2D eigenvalue weighted by atomic mass is 19.1. The van der Waals surface area contributed by atoms with Crippen molar-refractivity contribution < 1.29 is 9.13 Å². The van der Waals surface area contributed by atoms with Gasteiger partial charge in [0.15, 0.2) is 11.2 Å². The van der Waals surface area contributed by atoms with Crippen LogP contribution in [0.15, 0.2) is 52.2 Å².